The number of allylic oxidation sites excluding steroid dienone is 1. The maximum atomic E-state index is 13.5. The quantitative estimate of drug-likeness (QED) is 0.562. The van der Waals surface area contributed by atoms with Crippen LogP contribution < -0.4 is 0 Å². The lowest BCUT2D eigenvalue weighted by Gasteiger charge is -2.28. The molecule has 1 amide bonds. The number of carbonyl (C=O) groups is 1. The molecule has 1 aliphatic heterocycles. The molecule has 2 aliphatic rings. The van der Waals surface area contributed by atoms with Crippen LogP contribution in [0, 0.1) is 0 Å². The Kier molecular flexibility index (Phi) is 4.38. The average molecular weight is 440 g/mol. The molecule has 0 N–H and O–H groups in total. The highest BCUT2D eigenvalue weighted by atomic mass is 79.9. The highest BCUT2D eigenvalue weighted by molar-refractivity contribution is 9.10. The number of hydrogen-bond donors (Lipinski definition) is 0. The molecule has 1 aromatic heterocycles. The SMILES string of the molecule is O=C(C1=C(c2cc3ccccc3s2)Cc2cc(Br)ccc21)N1CCOCC1. The van der Waals surface area contributed by atoms with E-state index in [0.29, 0.717) is 26.3 Å². The van der Waals surface area contributed by atoms with E-state index >= 15 is 0 Å². The molecular formula is C22H18BrNO2S. The smallest absolute Gasteiger partial charge is 0.254 e. The molecule has 2 aromatic carbocycles. The molecule has 0 spiro atoms. The normalized spacial score (nSPS) is 16.9. The van der Waals surface area contributed by atoms with Gasteiger partial charge in [0.1, 0.15) is 0 Å². The lowest BCUT2D eigenvalue weighted by atomic mass is 10.0. The first-order chi connectivity index (χ1) is 13.2. The summed E-state index contributed by atoms with van der Waals surface area (Å²) in [5, 5.41) is 1.24. The molecule has 0 bridgehead atoms. The van der Waals surface area contributed by atoms with Gasteiger partial charge in [0.25, 0.3) is 5.91 Å². The van der Waals surface area contributed by atoms with Crippen molar-refractivity contribution >= 4 is 54.4 Å². The summed E-state index contributed by atoms with van der Waals surface area (Å²) in [7, 11) is 0. The fourth-order valence-electron chi connectivity index (χ4n) is 3.90. The zero-order valence-corrected chi connectivity index (χ0v) is 17.1. The fraction of sp³-hybridized carbons (Fsp3) is 0.227. The van der Waals surface area contributed by atoms with Crippen molar-refractivity contribution in [1.82, 2.24) is 4.90 Å². The minimum Gasteiger partial charge on any atom is -0.378 e. The maximum Gasteiger partial charge on any atom is 0.254 e. The first-order valence-electron chi connectivity index (χ1n) is 9.08. The molecule has 5 rings (SSSR count). The van der Waals surface area contributed by atoms with Crippen LogP contribution >= 0.6 is 27.3 Å². The van der Waals surface area contributed by atoms with Crippen molar-refractivity contribution in [3.63, 3.8) is 0 Å². The number of morpholine rings is 1. The van der Waals surface area contributed by atoms with E-state index in [4.69, 9.17) is 4.74 Å². The first-order valence-corrected chi connectivity index (χ1v) is 10.7. The Morgan fingerprint density at radius 1 is 1.07 bits per heavy atom. The van der Waals surface area contributed by atoms with Gasteiger partial charge >= 0.3 is 0 Å². The predicted octanol–water partition coefficient (Wildman–Crippen LogP) is 4.99. The Bertz CT molecular complexity index is 1050. The summed E-state index contributed by atoms with van der Waals surface area (Å²) in [6, 6.07) is 16.9. The van der Waals surface area contributed by atoms with Gasteiger partial charge in [-0.2, -0.15) is 0 Å². The second-order valence-corrected chi connectivity index (χ2v) is 8.88. The third-order valence-electron chi connectivity index (χ3n) is 5.24. The molecule has 2 heterocycles. The molecule has 3 aromatic rings. The van der Waals surface area contributed by atoms with E-state index in [0.717, 1.165) is 27.6 Å². The van der Waals surface area contributed by atoms with Crippen molar-refractivity contribution in [2.24, 2.45) is 0 Å². The van der Waals surface area contributed by atoms with Crippen LogP contribution in [0.15, 0.2) is 53.0 Å². The Balaban J connectivity index is 1.65. The van der Waals surface area contributed by atoms with E-state index in [1.807, 2.05) is 11.0 Å². The van der Waals surface area contributed by atoms with Crippen LogP contribution in [-0.4, -0.2) is 37.1 Å². The van der Waals surface area contributed by atoms with Crippen molar-refractivity contribution in [3.8, 4) is 0 Å². The topological polar surface area (TPSA) is 29.5 Å². The number of benzene rings is 2. The van der Waals surface area contributed by atoms with Crippen LogP contribution in [0.2, 0.25) is 0 Å². The van der Waals surface area contributed by atoms with E-state index in [9.17, 15) is 4.79 Å². The lowest BCUT2D eigenvalue weighted by molar-refractivity contribution is -0.128. The zero-order valence-electron chi connectivity index (χ0n) is 14.7. The number of thiophene rings is 1. The number of amides is 1. The van der Waals surface area contributed by atoms with E-state index in [2.05, 4.69) is 58.4 Å². The zero-order chi connectivity index (χ0) is 18.4. The summed E-state index contributed by atoms with van der Waals surface area (Å²) >= 11 is 5.35. The molecule has 27 heavy (non-hydrogen) atoms. The molecule has 0 atom stereocenters. The Hall–Kier alpha value is -1.95. The van der Waals surface area contributed by atoms with Gasteiger partial charge in [-0.05, 0) is 46.4 Å². The maximum absolute atomic E-state index is 13.5. The van der Waals surface area contributed by atoms with Crippen LogP contribution in [0.25, 0.3) is 21.2 Å². The second-order valence-electron chi connectivity index (χ2n) is 6.88. The summed E-state index contributed by atoms with van der Waals surface area (Å²) in [4.78, 5) is 16.6. The molecular weight excluding hydrogens is 422 g/mol. The fourth-order valence-corrected chi connectivity index (χ4v) is 5.42. The molecule has 3 nitrogen and oxygen atoms in total. The summed E-state index contributed by atoms with van der Waals surface area (Å²) in [6.45, 7) is 2.55. The number of rotatable bonds is 2. The first kappa shape index (κ1) is 17.2. The molecule has 0 radical (unpaired) electrons. The van der Waals surface area contributed by atoms with E-state index in [1.54, 1.807) is 11.3 Å². The average Bonchev–Trinajstić information content (AvgIpc) is 3.28. The highest BCUT2D eigenvalue weighted by Crippen LogP contribution is 2.43. The Morgan fingerprint density at radius 3 is 2.70 bits per heavy atom. The van der Waals surface area contributed by atoms with E-state index < -0.39 is 0 Å². The lowest BCUT2D eigenvalue weighted by Crippen LogP contribution is -2.41. The van der Waals surface area contributed by atoms with Crippen LogP contribution in [0.1, 0.15) is 16.0 Å². The summed E-state index contributed by atoms with van der Waals surface area (Å²) in [5.41, 5.74) is 4.31. The minimum absolute atomic E-state index is 0.131. The molecule has 5 heteroatoms. The van der Waals surface area contributed by atoms with Gasteiger partial charge in [-0.15, -0.1) is 11.3 Å². The molecule has 1 saturated heterocycles. The third kappa shape index (κ3) is 3.04. The van der Waals surface area contributed by atoms with Gasteiger partial charge in [-0.3, -0.25) is 4.79 Å². The van der Waals surface area contributed by atoms with Crippen molar-refractivity contribution < 1.29 is 9.53 Å². The standard InChI is InChI=1S/C22H18BrNO2S/c23-16-5-6-17-15(11-16)12-18(20-13-14-3-1-2-4-19(14)27-20)21(17)22(25)24-7-9-26-10-8-24/h1-6,11,13H,7-10,12H2. The summed E-state index contributed by atoms with van der Waals surface area (Å²) in [5.74, 6) is 0.131. The highest BCUT2D eigenvalue weighted by Gasteiger charge is 2.31. The van der Waals surface area contributed by atoms with Crippen molar-refractivity contribution in [1.29, 1.82) is 0 Å². The van der Waals surface area contributed by atoms with Crippen molar-refractivity contribution in [2.75, 3.05) is 26.3 Å². The Morgan fingerprint density at radius 2 is 1.89 bits per heavy atom. The van der Waals surface area contributed by atoms with Gasteiger partial charge in [0.05, 0.1) is 18.8 Å². The van der Waals surface area contributed by atoms with Crippen LogP contribution in [0.3, 0.4) is 0 Å². The molecule has 136 valence electrons. The molecule has 0 unspecified atom stereocenters. The van der Waals surface area contributed by atoms with Gasteiger partial charge in [-0.25, -0.2) is 0 Å². The van der Waals surface area contributed by atoms with Crippen LogP contribution in [0.4, 0.5) is 0 Å². The van der Waals surface area contributed by atoms with Gasteiger partial charge < -0.3 is 9.64 Å². The van der Waals surface area contributed by atoms with Gasteiger partial charge in [0.15, 0.2) is 0 Å². The van der Waals surface area contributed by atoms with Crippen molar-refractivity contribution in [2.45, 2.75) is 6.42 Å². The van der Waals surface area contributed by atoms with Gasteiger partial charge in [0, 0.05) is 33.6 Å². The van der Waals surface area contributed by atoms with Gasteiger partial charge in [-0.1, -0.05) is 40.2 Å². The minimum atomic E-state index is 0.131. The number of halogens is 1. The predicted molar refractivity (Wildman–Crippen MR) is 114 cm³/mol. The number of fused-ring (bicyclic) bond motifs is 2. The van der Waals surface area contributed by atoms with Crippen molar-refractivity contribution in [3.05, 3.63) is 69.0 Å². The van der Waals surface area contributed by atoms with E-state index in [-0.39, 0.29) is 5.91 Å². The third-order valence-corrected chi connectivity index (χ3v) is 6.91. The number of carbonyl (C=O) groups excluding carboxylic acids is 1. The van der Waals surface area contributed by atoms with Crippen LogP contribution in [-0.2, 0) is 16.0 Å². The Labute approximate surface area is 170 Å². The summed E-state index contributed by atoms with van der Waals surface area (Å²) in [6.07, 6.45) is 0.799. The van der Waals surface area contributed by atoms with Gasteiger partial charge in [0.2, 0.25) is 0 Å². The van der Waals surface area contributed by atoms with E-state index in [1.165, 1.54) is 20.5 Å². The second kappa shape index (κ2) is 6.89. The monoisotopic (exact) mass is 439 g/mol. The number of ether oxygens (including phenoxy) is 1. The number of nitrogens with zero attached hydrogens (tertiary/aromatic N) is 1. The summed E-state index contributed by atoms with van der Waals surface area (Å²) < 4.78 is 7.75. The number of hydrogen-bond acceptors (Lipinski definition) is 3. The molecule has 1 aliphatic carbocycles. The molecule has 1 fully saturated rings. The largest absolute Gasteiger partial charge is 0.378 e. The van der Waals surface area contributed by atoms with Crippen LogP contribution in [0.5, 0.6) is 0 Å². The molecule has 0 saturated carbocycles.